The molecule has 0 unspecified atom stereocenters. The van der Waals surface area contributed by atoms with Crippen LogP contribution >= 0.6 is 11.3 Å². The van der Waals surface area contributed by atoms with Crippen molar-refractivity contribution >= 4 is 27.3 Å². The van der Waals surface area contributed by atoms with Crippen molar-refractivity contribution < 1.29 is 4.79 Å². The molecule has 0 fully saturated rings. The van der Waals surface area contributed by atoms with Crippen LogP contribution in [0.5, 0.6) is 0 Å². The summed E-state index contributed by atoms with van der Waals surface area (Å²) >= 11 is 1.70. The largest absolute Gasteiger partial charge is 0.336 e. The van der Waals surface area contributed by atoms with E-state index in [0.717, 1.165) is 5.56 Å². The van der Waals surface area contributed by atoms with Gasteiger partial charge in [0.05, 0.1) is 6.20 Å². The Hall–Kier alpha value is -2.27. The third-order valence-electron chi connectivity index (χ3n) is 3.10. The summed E-state index contributed by atoms with van der Waals surface area (Å²) in [6.45, 7) is 0.569. The molecule has 0 aliphatic rings. The minimum atomic E-state index is -0.117. The van der Waals surface area contributed by atoms with Crippen LogP contribution in [0.15, 0.2) is 48.2 Å². The highest BCUT2D eigenvalue weighted by Gasteiger charge is 2.15. The fraction of sp³-hybridized carbons (Fsp3) is 0.133. The Bertz CT molecular complexity index is 739. The van der Waals surface area contributed by atoms with Gasteiger partial charge in [-0.1, -0.05) is 18.2 Å². The molecule has 20 heavy (non-hydrogen) atoms. The number of carbonyl (C=O) groups is 1. The van der Waals surface area contributed by atoms with E-state index in [1.165, 1.54) is 22.5 Å². The van der Waals surface area contributed by atoms with E-state index in [0.29, 0.717) is 12.2 Å². The van der Waals surface area contributed by atoms with Crippen molar-refractivity contribution in [1.29, 1.82) is 0 Å². The maximum absolute atomic E-state index is 12.2. The van der Waals surface area contributed by atoms with E-state index in [2.05, 4.69) is 27.5 Å². The number of benzene rings is 1. The molecule has 5 heteroatoms. The Labute approximate surface area is 120 Å². The predicted octanol–water partition coefficient (Wildman–Crippen LogP) is 2.96. The molecule has 100 valence electrons. The number of nitrogens with zero attached hydrogens (tertiary/aromatic N) is 3. The van der Waals surface area contributed by atoms with Crippen LogP contribution in [0.4, 0.5) is 0 Å². The molecule has 0 spiro atoms. The molecule has 2 heterocycles. The Morgan fingerprint density at radius 2 is 2.15 bits per heavy atom. The highest BCUT2D eigenvalue weighted by molar-refractivity contribution is 7.17. The smallest absolute Gasteiger partial charge is 0.274 e. The number of thiophene rings is 1. The summed E-state index contributed by atoms with van der Waals surface area (Å²) in [6.07, 6.45) is 4.58. The second kappa shape index (κ2) is 5.38. The Morgan fingerprint density at radius 1 is 1.30 bits per heavy atom. The maximum Gasteiger partial charge on any atom is 0.274 e. The molecule has 0 aliphatic carbocycles. The molecular formula is C15H13N3OS. The quantitative estimate of drug-likeness (QED) is 0.742. The number of fused-ring (bicyclic) bond motifs is 1. The summed E-state index contributed by atoms with van der Waals surface area (Å²) < 4.78 is 1.24. The normalized spacial score (nSPS) is 10.7. The van der Waals surface area contributed by atoms with Crippen LogP contribution in [0.3, 0.4) is 0 Å². The first-order chi connectivity index (χ1) is 9.75. The molecule has 2 aromatic heterocycles. The van der Waals surface area contributed by atoms with Crippen LogP contribution < -0.4 is 0 Å². The number of rotatable bonds is 3. The molecule has 4 nitrogen and oxygen atoms in total. The monoisotopic (exact) mass is 283 g/mol. The zero-order valence-electron chi connectivity index (χ0n) is 11.0. The molecule has 0 atom stereocenters. The Kier molecular flexibility index (Phi) is 3.43. The molecule has 0 bridgehead atoms. The molecule has 0 radical (unpaired) electrons. The van der Waals surface area contributed by atoms with Gasteiger partial charge in [0.25, 0.3) is 5.91 Å². The molecular weight excluding hydrogens is 270 g/mol. The van der Waals surface area contributed by atoms with Crippen molar-refractivity contribution in [1.82, 2.24) is 14.9 Å². The van der Waals surface area contributed by atoms with Crippen LogP contribution in [0.1, 0.15) is 16.1 Å². The number of hydrogen-bond acceptors (Lipinski definition) is 4. The van der Waals surface area contributed by atoms with Gasteiger partial charge in [0.15, 0.2) is 0 Å². The second-order valence-corrected chi connectivity index (χ2v) is 5.42. The topological polar surface area (TPSA) is 46.1 Å². The molecule has 0 N–H and O–H groups in total. The lowest BCUT2D eigenvalue weighted by Crippen LogP contribution is -2.26. The van der Waals surface area contributed by atoms with E-state index in [9.17, 15) is 4.79 Å². The second-order valence-electron chi connectivity index (χ2n) is 4.51. The maximum atomic E-state index is 12.2. The van der Waals surface area contributed by atoms with Gasteiger partial charge in [0, 0.05) is 30.7 Å². The lowest BCUT2D eigenvalue weighted by molar-refractivity contribution is 0.0779. The van der Waals surface area contributed by atoms with Crippen molar-refractivity contribution in [3.63, 3.8) is 0 Å². The van der Waals surface area contributed by atoms with E-state index in [4.69, 9.17) is 0 Å². The van der Waals surface area contributed by atoms with Gasteiger partial charge in [0.1, 0.15) is 5.69 Å². The minimum Gasteiger partial charge on any atom is -0.336 e. The predicted molar refractivity (Wildman–Crippen MR) is 79.7 cm³/mol. The van der Waals surface area contributed by atoms with Gasteiger partial charge in [-0.05, 0) is 22.4 Å². The Morgan fingerprint density at radius 3 is 2.95 bits per heavy atom. The summed E-state index contributed by atoms with van der Waals surface area (Å²) in [5.41, 5.74) is 1.53. The minimum absolute atomic E-state index is 0.117. The highest BCUT2D eigenvalue weighted by Crippen LogP contribution is 2.26. The summed E-state index contributed by atoms with van der Waals surface area (Å²) in [7, 11) is 1.78. The van der Waals surface area contributed by atoms with Crippen molar-refractivity contribution in [3.8, 4) is 0 Å². The summed E-state index contributed by atoms with van der Waals surface area (Å²) in [4.78, 5) is 21.9. The van der Waals surface area contributed by atoms with E-state index in [1.54, 1.807) is 29.5 Å². The van der Waals surface area contributed by atoms with Gasteiger partial charge >= 0.3 is 0 Å². The Balaban J connectivity index is 1.82. The van der Waals surface area contributed by atoms with Crippen molar-refractivity contribution in [2.24, 2.45) is 0 Å². The van der Waals surface area contributed by atoms with Crippen LogP contribution in [-0.4, -0.2) is 27.8 Å². The fourth-order valence-corrected chi connectivity index (χ4v) is 3.04. The number of hydrogen-bond donors (Lipinski definition) is 0. The molecule has 1 aromatic carbocycles. The van der Waals surface area contributed by atoms with Gasteiger partial charge < -0.3 is 4.90 Å². The first kappa shape index (κ1) is 12.7. The van der Waals surface area contributed by atoms with Gasteiger partial charge in [-0.2, -0.15) is 0 Å². The number of carbonyl (C=O) groups excluding carboxylic acids is 1. The SMILES string of the molecule is CN(Cc1csc2ccccc12)C(=O)c1cnccn1. The van der Waals surface area contributed by atoms with Crippen LogP contribution in [0, 0.1) is 0 Å². The van der Waals surface area contributed by atoms with Gasteiger partial charge in [-0.25, -0.2) is 4.98 Å². The van der Waals surface area contributed by atoms with Crippen molar-refractivity contribution in [2.45, 2.75) is 6.54 Å². The summed E-state index contributed by atoms with van der Waals surface area (Å²) in [5.74, 6) is -0.117. The molecule has 3 rings (SSSR count). The molecule has 0 aliphatic heterocycles. The fourth-order valence-electron chi connectivity index (χ4n) is 2.09. The van der Waals surface area contributed by atoms with E-state index >= 15 is 0 Å². The highest BCUT2D eigenvalue weighted by atomic mass is 32.1. The number of aromatic nitrogens is 2. The van der Waals surface area contributed by atoms with Crippen LogP contribution in [-0.2, 0) is 6.54 Å². The van der Waals surface area contributed by atoms with Crippen molar-refractivity contribution in [2.75, 3.05) is 7.05 Å². The third-order valence-corrected chi connectivity index (χ3v) is 4.11. The molecule has 0 saturated heterocycles. The average molecular weight is 283 g/mol. The standard InChI is InChI=1S/C15H13N3OS/c1-18(15(19)13-8-16-6-7-17-13)9-11-10-20-14-5-3-2-4-12(11)14/h2-8,10H,9H2,1H3. The average Bonchev–Trinajstić information content (AvgIpc) is 2.91. The van der Waals surface area contributed by atoms with E-state index in [1.807, 2.05) is 12.1 Å². The zero-order valence-corrected chi connectivity index (χ0v) is 11.8. The summed E-state index contributed by atoms with van der Waals surface area (Å²) in [6, 6.07) is 8.22. The lowest BCUT2D eigenvalue weighted by Gasteiger charge is -2.16. The first-order valence-corrected chi connectivity index (χ1v) is 7.10. The van der Waals surface area contributed by atoms with Gasteiger partial charge in [-0.15, -0.1) is 11.3 Å². The van der Waals surface area contributed by atoms with Crippen LogP contribution in [0.2, 0.25) is 0 Å². The summed E-state index contributed by atoms with van der Waals surface area (Å²) in [5, 5.41) is 3.31. The molecule has 1 amide bonds. The van der Waals surface area contributed by atoms with Gasteiger partial charge in [-0.3, -0.25) is 9.78 Å². The zero-order chi connectivity index (χ0) is 13.9. The van der Waals surface area contributed by atoms with E-state index in [-0.39, 0.29) is 5.91 Å². The molecule has 3 aromatic rings. The van der Waals surface area contributed by atoms with Crippen LogP contribution in [0.25, 0.3) is 10.1 Å². The first-order valence-electron chi connectivity index (χ1n) is 6.22. The number of amides is 1. The molecule has 0 saturated carbocycles. The van der Waals surface area contributed by atoms with Crippen molar-refractivity contribution in [3.05, 3.63) is 59.5 Å². The van der Waals surface area contributed by atoms with E-state index < -0.39 is 0 Å². The third kappa shape index (κ3) is 2.40. The van der Waals surface area contributed by atoms with Gasteiger partial charge in [0.2, 0.25) is 0 Å². The lowest BCUT2D eigenvalue weighted by atomic mass is 10.1.